The van der Waals surface area contributed by atoms with E-state index in [0.717, 1.165) is 34.1 Å². The second kappa shape index (κ2) is 7.33. The highest BCUT2D eigenvalue weighted by Crippen LogP contribution is 2.33. The van der Waals surface area contributed by atoms with Crippen LogP contribution in [0.2, 0.25) is 5.02 Å². The van der Waals surface area contributed by atoms with Crippen LogP contribution in [0.25, 0.3) is 6.08 Å². The summed E-state index contributed by atoms with van der Waals surface area (Å²) in [6.45, 7) is 4.11. The molecule has 2 aromatic rings. The summed E-state index contributed by atoms with van der Waals surface area (Å²) >= 11 is 7.05. The third kappa shape index (κ3) is 3.89. The Bertz CT molecular complexity index is 879. The van der Waals surface area contributed by atoms with Crippen molar-refractivity contribution in [3.05, 3.63) is 69.1 Å². The van der Waals surface area contributed by atoms with E-state index < -0.39 is 0 Å². The van der Waals surface area contributed by atoms with E-state index in [1.807, 2.05) is 50.2 Å². The number of halogens is 1. The highest BCUT2D eigenvalue weighted by Gasteiger charge is 2.34. The van der Waals surface area contributed by atoms with E-state index in [0.29, 0.717) is 9.93 Å². The minimum Gasteiger partial charge on any atom is -0.367 e. The number of benzene rings is 2. The van der Waals surface area contributed by atoms with E-state index in [2.05, 4.69) is 5.32 Å². The molecule has 1 heterocycles. The number of rotatable bonds is 4. The molecule has 3 rings (SSSR count). The zero-order valence-electron chi connectivity index (χ0n) is 13.9. The van der Waals surface area contributed by atoms with Gasteiger partial charge < -0.3 is 5.32 Å². The normalized spacial score (nSPS) is 16.0. The van der Waals surface area contributed by atoms with Gasteiger partial charge in [0.25, 0.3) is 11.1 Å². The van der Waals surface area contributed by atoms with Crippen LogP contribution >= 0.6 is 23.4 Å². The first-order chi connectivity index (χ1) is 12.0. The number of nitrogens with one attached hydrogen (secondary N) is 1. The van der Waals surface area contributed by atoms with Crippen LogP contribution in [0.1, 0.15) is 16.7 Å². The zero-order valence-corrected chi connectivity index (χ0v) is 15.4. The van der Waals surface area contributed by atoms with E-state index in [1.165, 1.54) is 4.90 Å². The Kier molecular flexibility index (Phi) is 5.16. The molecule has 0 aliphatic carbocycles. The number of hydrogen-bond donors (Lipinski definition) is 1. The van der Waals surface area contributed by atoms with Crippen molar-refractivity contribution >= 4 is 46.3 Å². The fourth-order valence-corrected chi connectivity index (χ4v) is 3.48. The second-order valence-electron chi connectivity index (χ2n) is 5.78. The molecule has 0 atom stereocenters. The van der Waals surface area contributed by atoms with Gasteiger partial charge >= 0.3 is 0 Å². The summed E-state index contributed by atoms with van der Waals surface area (Å²) in [5, 5.41) is 3.42. The molecule has 2 amide bonds. The third-order valence-corrected chi connectivity index (χ3v) is 5.14. The summed E-state index contributed by atoms with van der Waals surface area (Å²) in [7, 11) is 0. The molecule has 1 aliphatic heterocycles. The van der Waals surface area contributed by atoms with Gasteiger partial charge in [-0.2, -0.15) is 0 Å². The summed E-state index contributed by atoms with van der Waals surface area (Å²) in [5.74, 6) is -0.312. The Morgan fingerprint density at radius 1 is 1.16 bits per heavy atom. The maximum Gasteiger partial charge on any atom is 0.295 e. The van der Waals surface area contributed by atoms with E-state index >= 15 is 0 Å². The monoisotopic (exact) mass is 372 g/mol. The maximum atomic E-state index is 12.5. The van der Waals surface area contributed by atoms with Crippen molar-refractivity contribution in [1.29, 1.82) is 0 Å². The van der Waals surface area contributed by atoms with Gasteiger partial charge in [-0.3, -0.25) is 14.5 Å². The van der Waals surface area contributed by atoms with Crippen molar-refractivity contribution in [2.75, 3.05) is 12.0 Å². The smallest absolute Gasteiger partial charge is 0.295 e. The largest absolute Gasteiger partial charge is 0.367 e. The molecule has 0 saturated carbocycles. The number of nitrogens with zero attached hydrogens (tertiary/aromatic N) is 1. The van der Waals surface area contributed by atoms with Crippen molar-refractivity contribution in [3.63, 3.8) is 0 Å². The van der Waals surface area contributed by atoms with Gasteiger partial charge in [0.2, 0.25) is 0 Å². The minimum atomic E-state index is -0.312. The van der Waals surface area contributed by atoms with Crippen LogP contribution in [-0.4, -0.2) is 22.7 Å². The molecular formula is C19H17ClN2O2S. The first kappa shape index (κ1) is 17.6. The van der Waals surface area contributed by atoms with Crippen LogP contribution in [0.15, 0.2) is 47.4 Å². The Hall–Kier alpha value is -2.24. The first-order valence-electron chi connectivity index (χ1n) is 7.77. The van der Waals surface area contributed by atoms with E-state index in [4.69, 9.17) is 11.6 Å². The second-order valence-corrected chi connectivity index (χ2v) is 7.18. The van der Waals surface area contributed by atoms with Crippen molar-refractivity contribution in [1.82, 2.24) is 4.90 Å². The Labute approximate surface area is 155 Å². The number of thioether (sulfide) groups is 1. The molecule has 0 bridgehead atoms. The van der Waals surface area contributed by atoms with Gasteiger partial charge in [0.1, 0.15) is 0 Å². The van der Waals surface area contributed by atoms with Crippen molar-refractivity contribution < 1.29 is 9.59 Å². The number of aryl methyl sites for hydroxylation is 2. The number of imide groups is 1. The SMILES string of the molecule is Cc1ccc(C)c(NCN2C(=O)S/C(=C\c3ccccc3Cl)C2=O)c1. The van der Waals surface area contributed by atoms with E-state index in [-0.39, 0.29) is 17.8 Å². The molecule has 128 valence electrons. The average molecular weight is 373 g/mol. The van der Waals surface area contributed by atoms with Gasteiger partial charge in [-0.25, -0.2) is 0 Å². The molecule has 1 fully saturated rings. The first-order valence-corrected chi connectivity index (χ1v) is 8.96. The molecule has 2 aromatic carbocycles. The van der Waals surface area contributed by atoms with Gasteiger partial charge in [0.15, 0.2) is 0 Å². The Morgan fingerprint density at radius 3 is 2.68 bits per heavy atom. The van der Waals surface area contributed by atoms with E-state index in [1.54, 1.807) is 12.1 Å². The van der Waals surface area contributed by atoms with Crippen molar-refractivity contribution in [3.8, 4) is 0 Å². The maximum absolute atomic E-state index is 12.5. The van der Waals surface area contributed by atoms with Gasteiger partial charge in [0, 0.05) is 10.7 Å². The highest BCUT2D eigenvalue weighted by atomic mass is 35.5. The summed E-state index contributed by atoms with van der Waals surface area (Å²) < 4.78 is 0. The summed E-state index contributed by atoms with van der Waals surface area (Å²) in [4.78, 5) is 26.3. The molecule has 4 nitrogen and oxygen atoms in total. The van der Waals surface area contributed by atoms with Gasteiger partial charge in [0.05, 0.1) is 11.6 Å². The van der Waals surface area contributed by atoms with E-state index in [9.17, 15) is 9.59 Å². The van der Waals surface area contributed by atoms with Crippen LogP contribution in [-0.2, 0) is 4.79 Å². The summed E-state index contributed by atoms with van der Waals surface area (Å²) in [5.41, 5.74) is 3.80. The van der Waals surface area contributed by atoms with Crippen LogP contribution in [0.3, 0.4) is 0 Å². The molecule has 1 N–H and O–H groups in total. The molecule has 25 heavy (non-hydrogen) atoms. The van der Waals surface area contributed by atoms with Crippen LogP contribution in [0, 0.1) is 13.8 Å². The van der Waals surface area contributed by atoms with Crippen LogP contribution in [0.4, 0.5) is 10.5 Å². The van der Waals surface area contributed by atoms with Gasteiger partial charge in [-0.1, -0.05) is 41.9 Å². The Morgan fingerprint density at radius 2 is 1.92 bits per heavy atom. The van der Waals surface area contributed by atoms with Gasteiger partial charge in [-0.15, -0.1) is 0 Å². The topological polar surface area (TPSA) is 49.4 Å². The molecule has 1 aliphatic rings. The molecule has 0 radical (unpaired) electrons. The Balaban J connectivity index is 1.76. The molecular weight excluding hydrogens is 356 g/mol. The standard InChI is InChI=1S/C19H17ClN2O2S/c1-12-7-8-13(2)16(9-12)21-11-22-18(23)17(25-19(22)24)10-14-5-3-4-6-15(14)20/h3-10,21H,11H2,1-2H3/b17-10-. The third-order valence-electron chi connectivity index (χ3n) is 3.89. The number of carbonyl (C=O) groups is 2. The lowest BCUT2D eigenvalue weighted by Crippen LogP contribution is -2.33. The van der Waals surface area contributed by atoms with Crippen LogP contribution < -0.4 is 5.32 Å². The zero-order chi connectivity index (χ0) is 18.0. The fraction of sp³-hybridized carbons (Fsp3) is 0.158. The predicted molar refractivity (Wildman–Crippen MR) is 104 cm³/mol. The molecule has 6 heteroatoms. The predicted octanol–water partition coefficient (Wildman–Crippen LogP) is 5.06. The molecule has 0 unspecified atom stereocenters. The molecule has 0 aromatic heterocycles. The molecule has 0 spiro atoms. The summed E-state index contributed by atoms with van der Waals surface area (Å²) in [6, 6.07) is 13.2. The lowest BCUT2D eigenvalue weighted by molar-refractivity contribution is -0.122. The molecule has 1 saturated heterocycles. The van der Waals surface area contributed by atoms with Crippen molar-refractivity contribution in [2.45, 2.75) is 13.8 Å². The lowest BCUT2D eigenvalue weighted by Gasteiger charge is -2.16. The van der Waals surface area contributed by atoms with Crippen LogP contribution in [0.5, 0.6) is 0 Å². The minimum absolute atomic E-state index is 0.134. The fourth-order valence-electron chi connectivity index (χ4n) is 2.46. The van der Waals surface area contributed by atoms with Gasteiger partial charge in [-0.05, 0) is 60.5 Å². The lowest BCUT2D eigenvalue weighted by atomic mass is 10.1. The number of hydrogen-bond acceptors (Lipinski definition) is 4. The number of anilines is 1. The number of amides is 2. The van der Waals surface area contributed by atoms with Crippen molar-refractivity contribution in [2.24, 2.45) is 0 Å². The average Bonchev–Trinajstić information content (AvgIpc) is 2.84. The number of carbonyl (C=O) groups excluding carboxylic acids is 2. The summed E-state index contributed by atoms with van der Waals surface area (Å²) in [6.07, 6.45) is 1.66. The quantitative estimate of drug-likeness (QED) is 0.762. The highest BCUT2D eigenvalue weighted by molar-refractivity contribution is 8.18.